The topological polar surface area (TPSA) is 107 Å². The van der Waals surface area contributed by atoms with Gasteiger partial charge in [0.05, 0.1) is 31.5 Å². The molecule has 7 nitrogen and oxygen atoms in total. The first-order valence-electron chi connectivity index (χ1n) is 8.27. The fourth-order valence-corrected chi connectivity index (χ4v) is 3.27. The lowest BCUT2D eigenvalue weighted by molar-refractivity contribution is 0.388. The van der Waals surface area contributed by atoms with Gasteiger partial charge in [-0.15, -0.1) is 0 Å². The molecule has 1 aromatic carbocycles. The number of ether oxygens (including phenoxy) is 2. The average Bonchev–Trinajstić information content (AvgIpc) is 3.03. The van der Waals surface area contributed by atoms with Crippen LogP contribution in [-0.4, -0.2) is 25.2 Å². The first-order chi connectivity index (χ1) is 12.3. The van der Waals surface area contributed by atoms with Gasteiger partial charge in [-0.1, -0.05) is 32.0 Å². The number of aliphatic imine (C=N–C) groups is 1. The van der Waals surface area contributed by atoms with E-state index in [0.29, 0.717) is 17.4 Å². The largest absolute Gasteiger partial charge is 0.497 e. The molecule has 1 aromatic heterocycles. The van der Waals surface area contributed by atoms with Crippen LogP contribution in [0.5, 0.6) is 11.5 Å². The molecule has 0 aliphatic carbocycles. The summed E-state index contributed by atoms with van der Waals surface area (Å²) >= 11 is 0. The predicted octanol–water partition coefficient (Wildman–Crippen LogP) is 3.26. The van der Waals surface area contributed by atoms with Gasteiger partial charge in [0.25, 0.3) is 5.88 Å². The predicted molar refractivity (Wildman–Crippen MR) is 97.0 cm³/mol. The van der Waals surface area contributed by atoms with Crippen molar-refractivity contribution in [1.29, 1.82) is 5.26 Å². The van der Waals surface area contributed by atoms with Crippen molar-refractivity contribution >= 4 is 11.7 Å². The second kappa shape index (κ2) is 6.37. The van der Waals surface area contributed by atoms with E-state index >= 15 is 0 Å². The Morgan fingerprint density at radius 2 is 1.96 bits per heavy atom. The van der Waals surface area contributed by atoms with Crippen LogP contribution in [0, 0.1) is 17.2 Å². The molecular formula is C19H22N4O3. The van der Waals surface area contributed by atoms with E-state index in [4.69, 9.17) is 19.7 Å². The molecule has 0 saturated heterocycles. The van der Waals surface area contributed by atoms with Crippen LogP contribution in [-0.2, 0) is 5.41 Å². The fraction of sp³-hybridized carbons (Fsp3) is 0.421. The number of benzene rings is 1. The fourth-order valence-electron chi connectivity index (χ4n) is 3.27. The van der Waals surface area contributed by atoms with E-state index < -0.39 is 11.8 Å². The molecule has 0 spiro atoms. The van der Waals surface area contributed by atoms with E-state index in [1.54, 1.807) is 20.3 Å². The summed E-state index contributed by atoms with van der Waals surface area (Å²) in [5, 5.41) is 14.0. The minimum Gasteiger partial charge on any atom is -0.497 e. The number of hydrogen-bond acceptors (Lipinski definition) is 7. The second-order valence-corrected chi connectivity index (χ2v) is 7.23. The molecule has 2 unspecified atom stereocenters. The van der Waals surface area contributed by atoms with E-state index in [9.17, 15) is 5.26 Å². The zero-order valence-corrected chi connectivity index (χ0v) is 15.5. The summed E-state index contributed by atoms with van der Waals surface area (Å²) in [5.41, 5.74) is 8.14. The Morgan fingerprint density at radius 3 is 2.54 bits per heavy atom. The molecule has 2 atom stereocenters. The van der Waals surface area contributed by atoms with Crippen LogP contribution in [0.15, 0.2) is 27.7 Å². The summed E-state index contributed by atoms with van der Waals surface area (Å²) in [5.74, 6) is 0.787. The summed E-state index contributed by atoms with van der Waals surface area (Å²) in [6.07, 6.45) is 0. The van der Waals surface area contributed by atoms with Crippen LogP contribution in [0.3, 0.4) is 0 Å². The summed E-state index contributed by atoms with van der Waals surface area (Å²) in [4.78, 5) is 4.27. The lowest BCUT2D eigenvalue weighted by Crippen LogP contribution is -2.32. The maximum Gasteiger partial charge on any atom is 0.256 e. The highest BCUT2D eigenvalue weighted by Crippen LogP contribution is 2.48. The lowest BCUT2D eigenvalue weighted by Gasteiger charge is -2.29. The van der Waals surface area contributed by atoms with Crippen LogP contribution in [0.2, 0.25) is 0 Å². The molecule has 136 valence electrons. The lowest BCUT2D eigenvalue weighted by atomic mass is 9.75. The second-order valence-electron chi connectivity index (χ2n) is 7.23. The maximum absolute atomic E-state index is 9.79. The van der Waals surface area contributed by atoms with Gasteiger partial charge in [0.15, 0.2) is 0 Å². The summed E-state index contributed by atoms with van der Waals surface area (Å²) in [6.45, 7) is 6.11. The van der Waals surface area contributed by atoms with Crippen molar-refractivity contribution in [3.63, 3.8) is 0 Å². The van der Waals surface area contributed by atoms with Gasteiger partial charge in [-0.25, -0.2) is 0 Å². The highest BCUT2D eigenvalue weighted by Gasteiger charge is 2.42. The Kier molecular flexibility index (Phi) is 4.36. The first-order valence-corrected chi connectivity index (χ1v) is 8.27. The molecular weight excluding hydrogens is 332 g/mol. The Bertz CT molecular complexity index is 902. The highest BCUT2D eigenvalue weighted by atomic mass is 16.5. The molecule has 2 aromatic rings. The molecule has 0 fully saturated rings. The molecule has 0 radical (unpaired) electrons. The van der Waals surface area contributed by atoms with E-state index in [1.807, 2.05) is 32.9 Å². The molecule has 3 rings (SSSR count). The molecule has 0 amide bonds. The van der Waals surface area contributed by atoms with Crippen molar-refractivity contribution in [3.05, 3.63) is 35.0 Å². The van der Waals surface area contributed by atoms with Crippen LogP contribution < -0.4 is 15.2 Å². The quantitative estimate of drug-likeness (QED) is 0.906. The van der Waals surface area contributed by atoms with Gasteiger partial charge in [0.1, 0.15) is 23.3 Å². The number of hydrogen-bond donors (Lipinski definition) is 1. The number of amidine groups is 1. The van der Waals surface area contributed by atoms with Gasteiger partial charge >= 0.3 is 0 Å². The number of methoxy groups -OCH3 is 2. The van der Waals surface area contributed by atoms with E-state index in [2.05, 4.69) is 16.2 Å². The standard InChI is InChI=1S/C19H22N4O3/c1-19(2,3)16-15-14(11-7-6-10(24-4)8-13(11)25-5)12(9-20)17(21)22-18(15)26-23-16/h6-8,12,14H,1-5H3,(H2,21,22). The number of rotatable bonds is 3. The summed E-state index contributed by atoms with van der Waals surface area (Å²) < 4.78 is 16.3. The van der Waals surface area contributed by atoms with Crippen molar-refractivity contribution in [1.82, 2.24) is 5.16 Å². The van der Waals surface area contributed by atoms with Crippen molar-refractivity contribution in [3.8, 4) is 17.6 Å². The third-order valence-corrected chi connectivity index (χ3v) is 4.53. The monoisotopic (exact) mass is 354 g/mol. The molecule has 26 heavy (non-hydrogen) atoms. The van der Waals surface area contributed by atoms with E-state index in [0.717, 1.165) is 16.8 Å². The normalized spacial score (nSPS) is 19.3. The SMILES string of the molecule is COc1ccc(C2c3c(C(C)(C)C)noc3N=C(N)C2C#N)c(OC)c1. The zero-order chi connectivity index (χ0) is 19.1. The Morgan fingerprint density at radius 1 is 1.23 bits per heavy atom. The van der Waals surface area contributed by atoms with Crippen molar-refractivity contribution in [2.45, 2.75) is 32.1 Å². The third kappa shape index (κ3) is 2.77. The smallest absolute Gasteiger partial charge is 0.256 e. The molecule has 1 aliphatic heterocycles. The molecule has 2 heterocycles. The van der Waals surface area contributed by atoms with Crippen LogP contribution in [0.4, 0.5) is 5.88 Å². The average molecular weight is 354 g/mol. The van der Waals surface area contributed by atoms with Crippen LogP contribution in [0.25, 0.3) is 0 Å². The maximum atomic E-state index is 9.79. The van der Waals surface area contributed by atoms with Crippen molar-refractivity contribution < 1.29 is 14.0 Å². The number of nitrogens with zero attached hydrogens (tertiary/aromatic N) is 3. The molecule has 0 bridgehead atoms. The van der Waals surface area contributed by atoms with E-state index in [-0.39, 0.29) is 11.3 Å². The molecule has 2 N–H and O–H groups in total. The number of fused-ring (bicyclic) bond motifs is 1. The van der Waals surface area contributed by atoms with Crippen LogP contribution in [0.1, 0.15) is 43.5 Å². The van der Waals surface area contributed by atoms with Gasteiger partial charge in [-0.3, -0.25) is 0 Å². The number of aromatic nitrogens is 1. The Labute approximate surface area is 152 Å². The van der Waals surface area contributed by atoms with E-state index in [1.165, 1.54) is 0 Å². The summed E-state index contributed by atoms with van der Waals surface area (Å²) in [6, 6.07) is 7.78. The molecule has 7 heteroatoms. The Balaban J connectivity index is 2.28. The zero-order valence-electron chi connectivity index (χ0n) is 15.5. The van der Waals surface area contributed by atoms with Gasteiger partial charge in [0, 0.05) is 23.0 Å². The Hall–Kier alpha value is -3.01. The molecule has 1 aliphatic rings. The minimum absolute atomic E-state index is 0.208. The van der Waals surface area contributed by atoms with Gasteiger partial charge in [-0.05, 0) is 6.07 Å². The first kappa shape index (κ1) is 17.8. The van der Waals surface area contributed by atoms with Crippen LogP contribution >= 0.6 is 0 Å². The minimum atomic E-state index is -0.648. The van der Waals surface area contributed by atoms with Crippen molar-refractivity contribution in [2.24, 2.45) is 16.6 Å². The van der Waals surface area contributed by atoms with Gasteiger partial charge < -0.3 is 19.7 Å². The van der Waals surface area contributed by atoms with Crippen molar-refractivity contribution in [2.75, 3.05) is 14.2 Å². The van der Waals surface area contributed by atoms with Gasteiger partial charge in [-0.2, -0.15) is 10.3 Å². The number of nitrogens with two attached hydrogens (primary N) is 1. The summed E-state index contributed by atoms with van der Waals surface area (Å²) in [7, 11) is 3.17. The third-order valence-electron chi connectivity index (χ3n) is 4.53. The number of nitriles is 1. The molecule has 0 saturated carbocycles. The highest BCUT2D eigenvalue weighted by molar-refractivity contribution is 5.91. The van der Waals surface area contributed by atoms with Gasteiger partial charge in [0.2, 0.25) is 0 Å².